The van der Waals surface area contributed by atoms with Crippen molar-refractivity contribution in [1.82, 2.24) is 9.62 Å². The quantitative estimate of drug-likeness (QED) is 0.583. The molecule has 0 aliphatic carbocycles. The number of hydrogen-bond donors (Lipinski definition) is 1. The van der Waals surface area contributed by atoms with Gasteiger partial charge in [-0.1, -0.05) is 48.6 Å². The molecule has 0 saturated heterocycles. The zero-order chi connectivity index (χ0) is 17.5. The van der Waals surface area contributed by atoms with Crippen LogP contribution in [0.5, 0.6) is 0 Å². The van der Waals surface area contributed by atoms with E-state index in [1.54, 1.807) is 32.2 Å². The van der Waals surface area contributed by atoms with Crippen LogP contribution in [0.25, 0.3) is 0 Å². The van der Waals surface area contributed by atoms with Gasteiger partial charge in [-0.25, -0.2) is 13.1 Å². The Morgan fingerprint density at radius 1 is 1.39 bits per heavy atom. The van der Waals surface area contributed by atoms with Gasteiger partial charge in [0, 0.05) is 25.7 Å². The lowest BCUT2D eigenvalue weighted by Crippen LogP contribution is -2.36. The molecule has 6 heteroatoms. The van der Waals surface area contributed by atoms with E-state index in [0.717, 1.165) is 11.1 Å². The molecule has 0 unspecified atom stereocenters. The van der Waals surface area contributed by atoms with Crippen LogP contribution in [-0.4, -0.2) is 39.4 Å². The minimum atomic E-state index is -3.42. The Balaban J connectivity index is 2.52. The van der Waals surface area contributed by atoms with Gasteiger partial charge in [-0.3, -0.25) is 4.79 Å². The molecule has 0 bridgehead atoms. The lowest BCUT2D eigenvalue weighted by molar-refractivity contribution is -0.125. The average molecular weight is 336 g/mol. The Morgan fingerprint density at radius 3 is 2.70 bits per heavy atom. The molecule has 1 aromatic carbocycles. The molecule has 1 amide bonds. The van der Waals surface area contributed by atoms with Crippen molar-refractivity contribution in [2.75, 3.05) is 20.1 Å². The Bertz CT molecular complexity index is 694. The zero-order valence-corrected chi connectivity index (χ0v) is 14.7. The van der Waals surface area contributed by atoms with Gasteiger partial charge in [0.15, 0.2) is 0 Å². The third kappa shape index (κ3) is 6.80. The highest BCUT2D eigenvalue weighted by Crippen LogP contribution is 2.07. The van der Waals surface area contributed by atoms with E-state index >= 15 is 0 Å². The standard InChI is InChI=1S/C17H24N2O3S/c1-5-7-15(3)17(20)19(4)11-10-18-23(21,22)13-16-9-6-8-14(2)12-16/h5-9,12,18H,1,10-11,13H2,2-4H3/b15-7-. The summed E-state index contributed by atoms with van der Waals surface area (Å²) in [5.74, 6) is -0.218. The summed E-state index contributed by atoms with van der Waals surface area (Å²) in [5.41, 5.74) is 2.32. The van der Waals surface area contributed by atoms with Gasteiger partial charge in [0.1, 0.15) is 0 Å². The lowest BCUT2D eigenvalue weighted by atomic mass is 10.2. The van der Waals surface area contributed by atoms with E-state index in [0.29, 0.717) is 12.1 Å². The summed E-state index contributed by atoms with van der Waals surface area (Å²) in [6.45, 7) is 7.64. The van der Waals surface area contributed by atoms with E-state index < -0.39 is 10.0 Å². The van der Waals surface area contributed by atoms with Crippen LogP contribution in [0.1, 0.15) is 18.1 Å². The number of nitrogens with one attached hydrogen (secondary N) is 1. The molecular formula is C17H24N2O3S. The van der Waals surface area contributed by atoms with Gasteiger partial charge < -0.3 is 4.90 Å². The van der Waals surface area contributed by atoms with Crippen LogP contribution in [0.2, 0.25) is 0 Å². The van der Waals surface area contributed by atoms with E-state index in [-0.39, 0.29) is 18.2 Å². The second kappa shape index (κ2) is 8.64. The van der Waals surface area contributed by atoms with Gasteiger partial charge >= 0.3 is 0 Å². The second-order valence-corrected chi connectivity index (χ2v) is 7.26. The van der Waals surface area contributed by atoms with E-state index in [1.165, 1.54) is 4.90 Å². The third-order valence-electron chi connectivity index (χ3n) is 3.26. The van der Waals surface area contributed by atoms with E-state index in [9.17, 15) is 13.2 Å². The molecule has 1 rings (SSSR count). The fourth-order valence-electron chi connectivity index (χ4n) is 2.09. The van der Waals surface area contributed by atoms with Crippen molar-refractivity contribution >= 4 is 15.9 Å². The summed E-state index contributed by atoms with van der Waals surface area (Å²) in [6.07, 6.45) is 3.17. The number of allylic oxidation sites excluding steroid dienone is 2. The monoisotopic (exact) mass is 336 g/mol. The number of aryl methyl sites for hydroxylation is 1. The molecule has 0 radical (unpaired) electrons. The number of rotatable bonds is 8. The largest absolute Gasteiger partial charge is 0.341 e. The summed E-state index contributed by atoms with van der Waals surface area (Å²) < 4.78 is 26.6. The summed E-state index contributed by atoms with van der Waals surface area (Å²) in [4.78, 5) is 13.4. The summed E-state index contributed by atoms with van der Waals surface area (Å²) in [5, 5.41) is 0. The molecule has 0 fully saturated rings. The number of sulfonamides is 1. The maximum absolute atomic E-state index is 12.1. The van der Waals surface area contributed by atoms with E-state index in [4.69, 9.17) is 0 Å². The van der Waals surface area contributed by atoms with Crippen molar-refractivity contribution in [2.24, 2.45) is 0 Å². The minimum Gasteiger partial charge on any atom is -0.341 e. The topological polar surface area (TPSA) is 66.5 Å². The summed E-state index contributed by atoms with van der Waals surface area (Å²) in [6, 6.07) is 7.38. The molecule has 23 heavy (non-hydrogen) atoms. The summed E-state index contributed by atoms with van der Waals surface area (Å²) in [7, 11) is -1.79. The van der Waals surface area contributed by atoms with Gasteiger partial charge in [0.25, 0.3) is 0 Å². The lowest BCUT2D eigenvalue weighted by Gasteiger charge is -2.17. The molecular weight excluding hydrogens is 312 g/mol. The molecule has 0 aliphatic rings. The van der Waals surface area contributed by atoms with Crippen molar-refractivity contribution in [3.63, 3.8) is 0 Å². The smallest absolute Gasteiger partial charge is 0.249 e. The minimum absolute atomic E-state index is 0.0677. The van der Waals surface area contributed by atoms with E-state index in [2.05, 4.69) is 11.3 Å². The Hall–Kier alpha value is -1.92. The second-order valence-electron chi connectivity index (χ2n) is 5.45. The van der Waals surface area contributed by atoms with Crippen LogP contribution in [0.15, 0.2) is 48.6 Å². The summed E-state index contributed by atoms with van der Waals surface area (Å²) >= 11 is 0. The van der Waals surface area contributed by atoms with Gasteiger partial charge in [-0.2, -0.15) is 0 Å². The normalized spacial score (nSPS) is 12.0. The van der Waals surface area contributed by atoms with Crippen LogP contribution in [0.3, 0.4) is 0 Å². The Labute approximate surface area is 138 Å². The van der Waals surface area contributed by atoms with Crippen LogP contribution < -0.4 is 4.72 Å². The highest BCUT2D eigenvalue weighted by atomic mass is 32.2. The molecule has 0 aromatic heterocycles. The van der Waals surface area contributed by atoms with Crippen molar-refractivity contribution < 1.29 is 13.2 Å². The number of carbonyl (C=O) groups is 1. The first-order chi connectivity index (χ1) is 10.7. The fraction of sp³-hybridized carbons (Fsp3) is 0.353. The van der Waals surface area contributed by atoms with Crippen molar-refractivity contribution in [3.05, 3.63) is 59.7 Å². The molecule has 1 aromatic rings. The number of likely N-dealkylation sites (N-methyl/N-ethyl adjacent to an activating group) is 1. The zero-order valence-electron chi connectivity index (χ0n) is 13.9. The molecule has 126 valence electrons. The van der Waals surface area contributed by atoms with Crippen LogP contribution in [-0.2, 0) is 20.6 Å². The van der Waals surface area contributed by atoms with Crippen molar-refractivity contribution in [1.29, 1.82) is 0 Å². The van der Waals surface area contributed by atoms with Crippen molar-refractivity contribution in [2.45, 2.75) is 19.6 Å². The van der Waals surface area contributed by atoms with Crippen LogP contribution >= 0.6 is 0 Å². The first-order valence-corrected chi connectivity index (χ1v) is 8.98. The fourth-order valence-corrected chi connectivity index (χ4v) is 3.21. The van der Waals surface area contributed by atoms with Crippen LogP contribution in [0, 0.1) is 6.92 Å². The molecule has 0 saturated carbocycles. The average Bonchev–Trinajstić information content (AvgIpc) is 2.45. The highest BCUT2D eigenvalue weighted by molar-refractivity contribution is 7.88. The molecule has 0 spiro atoms. The molecule has 0 heterocycles. The van der Waals surface area contributed by atoms with E-state index in [1.807, 2.05) is 25.1 Å². The van der Waals surface area contributed by atoms with Gasteiger partial charge in [-0.15, -0.1) is 0 Å². The van der Waals surface area contributed by atoms with Gasteiger partial charge in [0.05, 0.1) is 5.75 Å². The predicted octanol–water partition coefficient (Wildman–Crippen LogP) is 2.01. The number of benzene rings is 1. The molecule has 0 atom stereocenters. The highest BCUT2D eigenvalue weighted by Gasteiger charge is 2.14. The number of carbonyl (C=O) groups excluding carboxylic acids is 1. The first-order valence-electron chi connectivity index (χ1n) is 7.33. The number of nitrogens with zero attached hydrogens (tertiary/aromatic N) is 1. The Kier molecular flexibility index (Phi) is 7.19. The van der Waals surface area contributed by atoms with Gasteiger partial charge in [0.2, 0.25) is 15.9 Å². The maximum Gasteiger partial charge on any atom is 0.249 e. The SMILES string of the molecule is C=C/C=C(/C)C(=O)N(C)CCNS(=O)(=O)Cc1cccc(C)c1. The number of amides is 1. The third-order valence-corrected chi connectivity index (χ3v) is 4.62. The molecule has 0 aliphatic heterocycles. The molecule has 1 N–H and O–H groups in total. The van der Waals surface area contributed by atoms with Crippen molar-refractivity contribution in [3.8, 4) is 0 Å². The Morgan fingerprint density at radius 2 is 2.09 bits per heavy atom. The molecule has 5 nitrogen and oxygen atoms in total. The van der Waals surface area contributed by atoms with Gasteiger partial charge in [-0.05, 0) is 19.4 Å². The first kappa shape index (κ1) is 19.1. The predicted molar refractivity (Wildman–Crippen MR) is 93.4 cm³/mol. The maximum atomic E-state index is 12.1. The van der Waals surface area contributed by atoms with Crippen LogP contribution in [0.4, 0.5) is 0 Å². The number of hydrogen-bond acceptors (Lipinski definition) is 3.